The second-order valence-electron chi connectivity index (χ2n) is 5.83. The van der Waals surface area contributed by atoms with Crippen LogP contribution >= 0.6 is 23.2 Å². The summed E-state index contributed by atoms with van der Waals surface area (Å²) >= 11 is 12.0. The van der Waals surface area contributed by atoms with Crippen LogP contribution in [0.15, 0.2) is 53.3 Å². The fraction of sp³-hybridized carbons (Fsp3) is 0.158. The Bertz CT molecular complexity index is 1040. The molecule has 6 nitrogen and oxygen atoms in total. The first kappa shape index (κ1) is 19.1. The van der Waals surface area contributed by atoms with Crippen molar-refractivity contribution in [3.63, 3.8) is 0 Å². The number of aromatic nitrogens is 2. The third-order valence-corrected chi connectivity index (χ3v) is 4.90. The molecular formula is C19H17Cl2N3O3. The van der Waals surface area contributed by atoms with Gasteiger partial charge in [0, 0.05) is 7.05 Å². The Morgan fingerprint density at radius 3 is 2.52 bits per heavy atom. The Hall–Kier alpha value is -2.70. The van der Waals surface area contributed by atoms with Crippen LogP contribution in [0.2, 0.25) is 10.0 Å². The molecule has 0 saturated heterocycles. The summed E-state index contributed by atoms with van der Waals surface area (Å²) in [6, 6.07) is 14.1. The first-order valence-electron chi connectivity index (χ1n) is 8.11. The molecule has 27 heavy (non-hydrogen) atoms. The van der Waals surface area contributed by atoms with E-state index in [9.17, 15) is 9.59 Å². The summed E-state index contributed by atoms with van der Waals surface area (Å²) in [6.07, 6.45) is 0. The van der Waals surface area contributed by atoms with Gasteiger partial charge in [0.2, 0.25) is 0 Å². The lowest BCUT2D eigenvalue weighted by Crippen LogP contribution is -2.25. The SMILES string of the molecule is Cc1c(NC(=O)COc2cccc(Cl)c2Cl)c(=O)n(-c2ccccc2)n1C. The minimum Gasteiger partial charge on any atom is -0.482 e. The third kappa shape index (κ3) is 3.86. The molecular weight excluding hydrogens is 389 g/mol. The van der Waals surface area contributed by atoms with Crippen molar-refractivity contribution in [1.82, 2.24) is 9.36 Å². The molecule has 0 unspecified atom stereocenters. The number of hydrogen-bond acceptors (Lipinski definition) is 3. The van der Waals surface area contributed by atoms with E-state index in [-0.39, 0.29) is 22.9 Å². The number of carbonyl (C=O) groups excluding carboxylic acids is 1. The summed E-state index contributed by atoms with van der Waals surface area (Å²) in [6.45, 7) is 1.45. The number of amides is 1. The molecule has 0 radical (unpaired) electrons. The number of anilines is 1. The molecule has 1 amide bonds. The van der Waals surface area contributed by atoms with Crippen molar-refractivity contribution in [3.8, 4) is 11.4 Å². The topological polar surface area (TPSA) is 65.3 Å². The quantitative estimate of drug-likeness (QED) is 0.701. The number of nitrogens with zero attached hydrogens (tertiary/aromatic N) is 2. The fourth-order valence-electron chi connectivity index (χ4n) is 2.63. The van der Waals surface area contributed by atoms with Gasteiger partial charge in [-0.15, -0.1) is 0 Å². The van der Waals surface area contributed by atoms with E-state index in [0.717, 1.165) is 0 Å². The lowest BCUT2D eigenvalue weighted by molar-refractivity contribution is -0.118. The lowest BCUT2D eigenvalue weighted by Gasteiger charge is -2.09. The molecule has 0 bridgehead atoms. The number of carbonyl (C=O) groups is 1. The van der Waals surface area contributed by atoms with E-state index in [0.29, 0.717) is 22.2 Å². The molecule has 0 saturated carbocycles. The Balaban J connectivity index is 1.79. The maximum atomic E-state index is 12.8. The fourth-order valence-corrected chi connectivity index (χ4v) is 2.97. The van der Waals surface area contributed by atoms with E-state index in [2.05, 4.69) is 5.32 Å². The van der Waals surface area contributed by atoms with Gasteiger partial charge < -0.3 is 10.1 Å². The zero-order chi connectivity index (χ0) is 19.6. The van der Waals surface area contributed by atoms with E-state index in [4.69, 9.17) is 27.9 Å². The van der Waals surface area contributed by atoms with Gasteiger partial charge in [-0.3, -0.25) is 14.3 Å². The first-order chi connectivity index (χ1) is 12.9. The second kappa shape index (κ2) is 7.90. The average Bonchev–Trinajstić information content (AvgIpc) is 2.87. The Morgan fingerprint density at radius 2 is 1.81 bits per heavy atom. The van der Waals surface area contributed by atoms with Gasteiger partial charge in [0.1, 0.15) is 16.5 Å². The van der Waals surface area contributed by atoms with Gasteiger partial charge in [0.15, 0.2) is 6.61 Å². The van der Waals surface area contributed by atoms with Crippen LogP contribution < -0.4 is 15.6 Å². The highest BCUT2D eigenvalue weighted by molar-refractivity contribution is 6.42. The van der Waals surface area contributed by atoms with Gasteiger partial charge in [-0.1, -0.05) is 47.5 Å². The normalized spacial score (nSPS) is 10.7. The molecule has 0 atom stereocenters. The summed E-state index contributed by atoms with van der Waals surface area (Å²) in [5, 5.41) is 3.18. The maximum absolute atomic E-state index is 12.8. The molecule has 0 fully saturated rings. The lowest BCUT2D eigenvalue weighted by atomic mass is 10.3. The van der Waals surface area contributed by atoms with Crippen molar-refractivity contribution in [2.24, 2.45) is 7.05 Å². The van der Waals surface area contributed by atoms with E-state index in [1.165, 1.54) is 4.68 Å². The summed E-state index contributed by atoms with van der Waals surface area (Å²) in [5.74, 6) is -0.178. The minimum absolute atomic E-state index is 0.201. The van der Waals surface area contributed by atoms with Gasteiger partial charge in [0.05, 0.1) is 16.4 Å². The number of hydrogen-bond donors (Lipinski definition) is 1. The van der Waals surface area contributed by atoms with Crippen molar-refractivity contribution in [2.45, 2.75) is 6.92 Å². The number of rotatable bonds is 5. The molecule has 1 aromatic heterocycles. The average molecular weight is 406 g/mol. The summed E-state index contributed by atoms with van der Waals surface area (Å²) in [4.78, 5) is 25.0. The Kier molecular flexibility index (Phi) is 5.58. The number of ether oxygens (including phenoxy) is 1. The molecule has 3 rings (SSSR count). The number of benzene rings is 2. The van der Waals surface area contributed by atoms with E-state index >= 15 is 0 Å². The molecule has 1 N–H and O–H groups in total. The van der Waals surface area contributed by atoms with E-state index in [1.54, 1.807) is 36.9 Å². The van der Waals surface area contributed by atoms with Crippen molar-refractivity contribution in [2.75, 3.05) is 11.9 Å². The van der Waals surface area contributed by atoms with Crippen LogP contribution in [-0.4, -0.2) is 21.9 Å². The third-order valence-electron chi connectivity index (χ3n) is 4.09. The van der Waals surface area contributed by atoms with Gasteiger partial charge in [-0.05, 0) is 31.2 Å². The second-order valence-corrected chi connectivity index (χ2v) is 6.61. The molecule has 140 valence electrons. The standard InChI is InChI=1S/C19H17Cl2N3O3/c1-12-18(19(26)24(23(12)2)13-7-4-3-5-8-13)22-16(25)11-27-15-10-6-9-14(20)17(15)21/h3-10H,11H2,1-2H3,(H,22,25). The minimum atomic E-state index is -0.475. The molecule has 0 aliphatic heterocycles. The number of para-hydroxylation sites is 1. The van der Waals surface area contributed by atoms with Crippen LogP contribution in [0.3, 0.4) is 0 Å². The molecule has 3 aromatic rings. The zero-order valence-corrected chi connectivity index (χ0v) is 16.2. The summed E-state index contributed by atoms with van der Waals surface area (Å²) < 4.78 is 8.58. The number of halogens is 2. The molecule has 2 aromatic carbocycles. The molecule has 8 heteroatoms. The molecule has 0 aliphatic carbocycles. The Morgan fingerprint density at radius 1 is 1.11 bits per heavy atom. The van der Waals surface area contributed by atoms with Gasteiger partial charge in [0.25, 0.3) is 11.5 Å². The summed E-state index contributed by atoms with van der Waals surface area (Å²) in [5.41, 5.74) is 1.20. The number of nitrogens with one attached hydrogen (secondary N) is 1. The van der Waals surface area contributed by atoms with Gasteiger partial charge >= 0.3 is 0 Å². The van der Waals surface area contributed by atoms with Crippen molar-refractivity contribution in [1.29, 1.82) is 0 Å². The van der Waals surface area contributed by atoms with E-state index < -0.39 is 5.91 Å². The van der Waals surface area contributed by atoms with Crippen LogP contribution in [0.4, 0.5) is 5.69 Å². The highest BCUT2D eigenvalue weighted by Crippen LogP contribution is 2.31. The van der Waals surface area contributed by atoms with Crippen LogP contribution in [0, 0.1) is 6.92 Å². The van der Waals surface area contributed by atoms with Crippen LogP contribution in [0.5, 0.6) is 5.75 Å². The van der Waals surface area contributed by atoms with Crippen molar-refractivity contribution < 1.29 is 9.53 Å². The highest BCUT2D eigenvalue weighted by atomic mass is 35.5. The van der Waals surface area contributed by atoms with Gasteiger partial charge in [-0.2, -0.15) is 0 Å². The smallest absolute Gasteiger partial charge is 0.295 e. The predicted molar refractivity (Wildman–Crippen MR) is 106 cm³/mol. The monoisotopic (exact) mass is 405 g/mol. The predicted octanol–water partition coefficient (Wildman–Crippen LogP) is 3.81. The van der Waals surface area contributed by atoms with Gasteiger partial charge in [-0.25, -0.2) is 4.68 Å². The molecule has 0 aliphatic rings. The van der Waals surface area contributed by atoms with Crippen LogP contribution in [-0.2, 0) is 11.8 Å². The first-order valence-corrected chi connectivity index (χ1v) is 8.86. The van der Waals surface area contributed by atoms with Crippen LogP contribution in [0.25, 0.3) is 5.69 Å². The summed E-state index contributed by atoms with van der Waals surface area (Å²) in [7, 11) is 1.75. The van der Waals surface area contributed by atoms with E-state index in [1.807, 2.05) is 30.3 Å². The van der Waals surface area contributed by atoms with Crippen molar-refractivity contribution >= 4 is 34.8 Å². The van der Waals surface area contributed by atoms with Crippen molar-refractivity contribution in [3.05, 3.63) is 74.6 Å². The Labute approximate surface area is 165 Å². The zero-order valence-electron chi connectivity index (χ0n) is 14.7. The maximum Gasteiger partial charge on any atom is 0.295 e. The largest absolute Gasteiger partial charge is 0.482 e. The highest BCUT2D eigenvalue weighted by Gasteiger charge is 2.18. The molecule has 1 heterocycles. The molecule has 0 spiro atoms. The van der Waals surface area contributed by atoms with Crippen LogP contribution in [0.1, 0.15) is 5.69 Å².